The molecule has 0 aromatic heterocycles. The van der Waals surface area contributed by atoms with Crippen LogP contribution in [0.1, 0.15) is 362 Å². The second-order valence-corrected chi connectivity index (χ2v) is 22.2. The van der Waals surface area contributed by atoms with Crippen molar-refractivity contribution in [1.29, 1.82) is 0 Å². The molecule has 0 aliphatic carbocycles. The summed E-state index contributed by atoms with van der Waals surface area (Å²) in [5.74, 6) is 0.0294. The molecular weight excluding hydrogens is 853 g/mol. The van der Waals surface area contributed by atoms with Crippen molar-refractivity contribution in [2.45, 2.75) is 368 Å². The van der Waals surface area contributed by atoms with Gasteiger partial charge in [-0.2, -0.15) is 0 Å². The van der Waals surface area contributed by atoms with Gasteiger partial charge in [0.05, 0.1) is 0 Å². The summed E-state index contributed by atoms with van der Waals surface area (Å²) in [5, 5.41) is 0. The topological polar surface area (TPSA) is 78.9 Å². The minimum Gasteiger partial charge on any atom is -0.462 e. The first-order valence-corrected chi connectivity index (χ1v) is 31.4. The first-order valence-electron chi connectivity index (χ1n) is 31.4. The van der Waals surface area contributed by atoms with Crippen LogP contribution in [0, 0.1) is 5.92 Å². The summed E-state index contributed by atoms with van der Waals surface area (Å²) in [7, 11) is 0. The Bertz CT molecular complexity index is 1040. The van der Waals surface area contributed by atoms with Gasteiger partial charge in [-0.25, -0.2) is 0 Å². The van der Waals surface area contributed by atoms with Gasteiger partial charge in [0.2, 0.25) is 0 Å². The number of ether oxygens (including phenoxy) is 3. The molecule has 0 fully saturated rings. The molecule has 0 aliphatic heterocycles. The lowest BCUT2D eigenvalue weighted by Crippen LogP contribution is -2.30. The van der Waals surface area contributed by atoms with Crippen molar-refractivity contribution in [1.82, 2.24) is 0 Å². The lowest BCUT2D eigenvalue weighted by atomic mass is 10.0. The van der Waals surface area contributed by atoms with Crippen LogP contribution >= 0.6 is 0 Å². The highest BCUT2D eigenvalue weighted by atomic mass is 16.6. The Morgan fingerprint density at radius 3 is 0.710 bits per heavy atom. The highest BCUT2D eigenvalue weighted by molar-refractivity contribution is 5.71. The maximum absolute atomic E-state index is 12.9. The zero-order valence-corrected chi connectivity index (χ0v) is 47.3. The third-order valence-corrected chi connectivity index (χ3v) is 14.5. The summed E-state index contributed by atoms with van der Waals surface area (Å²) in [5.41, 5.74) is 0. The van der Waals surface area contributed by atoms with E-state index >= 15 is 0 Å². The Balaban J connectivity index is 4.25. The van der Waals surface area contributed by atoms with Crippen molar-refractivity contribution in [3.63, 3.8) is 0 Å². The number of hydrogen-bond acceptors (Lipinski definition) is 6. The Labute approximate surface area is 431 Å². The van der Waals surface area contributed by atoms with Crippen molar-refractivity contribution in [2.24, 2.45) is 5.92 Å². The summed E-state index contributed by atoms with van der Waals surface area (Å²) in [6, 6.07) is 0. The molecule has 0 amide bonds. The summed E-state index contributed by atoms with van der Waals surface area (Å²) in [6.07, 6.45) is 63.9. The number of hydrogen-bond donors (Lipinski definition) is 0. The quantitative estimate of drug-likeness (QED) is 0.0343. The van der Waals surface area contributed by atoms with Gasteiger partial charge in [-0.15, -0.1) is 0 Å². The summed E-state index contributed by atoms with van der Waals surface area (Å²) >= 11 is 0. The number of esters is 3. The normalized spacial score (nSPS) is 12.0. The molecule has 0 saturated heterocycles. The maximum atomic E-state index is 12.9. The summed E-state index contributed by atoms with van der Waals surface area (Å²) in [6.45, 7) is 9.09. The van der Waals surface area contributed by atoms with Gasteiger partial charge >= 0.3 is 17.9 Å². The van der Waals surface area contributed by atoms with Crippen LogP contribution in [-0.2, 0) is 28.6 Å². The van der Waals surface area contributed by atoms with Crippen LogP contribution in [0.5, 0.6) is 0 Å². The molecule has 0 heterocycles. The van der Waals surface area contributed by atoms with Crippen molar-refractivity contribution in [2.75, 3.05) is 13.2 Å². The molecule has 410 valence electrons. The minimum atomic E-state index is -0.762. The van der Waals surface area contributed by atoms with Gasteiger partial charge in [0.25, 0.3) is 0 Å². The molecule has 0 N–H and O–H groups in total. The van der Waals surface area contributed by atoms with Gasteiger partial charge in [0, 0.05) is 19.3 Å². The van der Waals surface area contributed by atoms with Crippen LogP contribution in [0.25, 0.3) is 0 Å². The minimum absolute atomic E-state index is 0.0612. The summed E-state index contributed by atoms with van der Waals surface area (Å²) < 4.78 is 16.9. The molecule has 69 heavy (non-hydrogen) atoms. The highest BCUT2D eigenvalue weighted by Crippen LogP contribution is 2.19. The molecule has 0 aromatic rings. The zero-order chi connectivity index (χ0) is 50.2. The van der Waals surface area contributed by atoms with Crippen molar-refractivity contribution in [3.05, 3.63) is 0 Å². The highest BCUT2D eigenvalue weighted by Gasteiger charge is 2.19. The van der Waals surface area contributed by atoms with E-state index in [1.807, 2.05) is 0 Å². The molecule has 0 spiro atoms. The number of unbranched alkanes of at least 4 members (excludes halogenated alkanes) is 45. The Hall–Kier alpha value is -1.59. The van der Waals surface area contributed by atoms with Crippen molar-refractivity contribution < 1.29 is 28.6 Å². The summed E-state index contributed by atoms with van der Waals surface area (Å²) in [4.78, 5) is 38.2. The largest absolute Gasteiger partial charge is 0.462 e. The van der Waals surface area contributed by atoms with Gasteiger partial charge in [-0.05, 0) is 25.2 Å². The average molecular weight is 976 g/mol. The van der Waals surface area contributed by atoms with Crippen molar-refractivity contribution in [3.8, 4) is 0 Å². The van der Waals surface area contributed by atoms with E-state index in [9.17, 15) is 14.4 Å². The van der Waals surface area contributed by atoms with E-state index in [2.05, 4.69) is 27.7 Å². The maximum Gasteiger partial charge on any atom is 0.306 e. The van der Waals surface area contributed by atoms with Crippen LogP contribution < -0.4 is 0 Å². The molecule has 0 bridgehead atoms. The van der Waals surface area contributed by atoms with E-state index < -0.39 is 6.10 Å². The molecule has 0 aliphatic rings. The monoisotopic (exact) mass is 975 g/mol. The molecule has 6 heteroatoms. The Morgan fingerprint density at radius 1 is 0.275 bits per heavy atom. The smallest absolute Gasteiger partial charge is 0.306 e. The second-order valence-electron chi connectivity index (χ2n) is 22.2. The van der Waals surface area contributed by atoms with E-state index in [0.717, 1.165) is 63.7 Å². The van der Waals surface area contributed by atoms with Gasteiger partial charge in [0.15, 0.2) is 6.10 Å². The lowest BCUT2D eigenvalue weighted by Gasteiger charge is -2.18. The molecule has 0 rings (SSSR count). The SMILES string of the molecule is CCCCCCCCCCCCCCCCCCCC(=O)OC[C@@H](COC(=O)CCCCCCCCCCCCCCC)OC(=O)CCCCCCCCCCCCCCCCCCCCC(C)C. The van der Waals surface area contributed by atoms with E-state index in [0.29, 0.717) is 19.3 Å². The van der Waals surface area contributed by atoms with E-state index in [1.54, 1.807) is 0 Å². The van der Waals surface area contributed by atoms with E-state index in [-0.39, 0.29) is 31.1 Å². The van der Waals surface area contributed by atoms with E-state index in [4.69, 9.17) is 14.2 Å². The van der Waals surface area contributed by atoms with Crippen LogP contribution in [0.2, 0.25) is 0 Å². The van der Waals surface area contributed by atoms with Gasteiger partial charge in [-0.3, -0.25) is 14.4 Å². The number of carbonyl (C=O) groups is 3. The Kier molecular flexibility index (Phi) is 56.0. The van der Waals surface area contributed by atoms with E-state index in [1.165, 1.54) is 257 Å². The van der Waals surface area contributed by atoms with Crippen LogP contribution in [0.4, 0.5) is 0 Å². The third-order valence-electron chi connectivity index (χ3n) is 14.5. The average Bonchev–Trinajstić information content (AvgIpc) is 3.34. The zero-order valence-electron chi connectivity index (χ0n) is 47.3. The predicted octanol–water partition coefficient (Wildman–Crippen LogP) is 21.0. The van der Waals surface area contributed by atoms with Crippen LogP contribution in [0.15, 0.2) is 0 Å². The molecule has 0 unspecified atom stereocenters. The molecule has 6 nitrogen and oxygen atoms in total. The Morgan fingerprint density at radius 2 is 0.478 bits per heavy atom. The fourth-order valence-electron chi connectivity index (χ4n) is 9.81. The van der Waals surface area contributed by atoms with Crippen LogP contribution in [0.3, 0.4) is 0 Å². The predicted molar refractivity (Wildman–Crippen MR) is 298 cm³/mol. The third kappa shape index (κ3) is 57.2. The molecule has 1 atom stereocenters. The number of carbonyl (C=O) groups excluding carboxylic acids is 3. The second kappa shape index (κ2) is 57.3. The molecule has 0 radical (unpaired) electrons. The lowest BCUT2D eigenvalue weighted by molar-refractivity contribution is -0.167. The van der Waals surface area contributed by atoms with Crippen molar-refractivity contribution >= 4 is 17.9 Å². The van der Waals surface area contributed by atoms with Gasteiger partial charge in [-0.1, -0.05) is 323 Å². The standard InChI is InChI=1S/C63H122O6/c1-5-7-9-11-13-15-17-19-20-23-27-31-35-39-43-47-51-55-62(65)68-58-60(57-67-61(64)54-50-46-42-38-34-29-18-16-14-12-10-8-6-2)69-63(66)56-52-48-44-40-36-32-28-25-22-21-24-26-30-33-37-41-45-49-53-59(3)4/h59-60H,5-58H2,1-4H3/t60-/m1/s1. The first-order chi connectivity index (χ1) is 33.9. The van der Waals surface area contributed by atoms with Crippen LogP contribution in [-0.4, -0.2) is 37.2 Å². The molecule has 0 saturated carbocycles. The fourth-order valence-corrected chi connectivity index (χ4v) is 9.81. The molecular formula is C63H122O6. The fraction of sp³-hybridized carbons (Fsp3) is 0.952. The number of rotatable bonds is 58. The first kappa shape index (κ1) is 67.4. The molecule has 0 aromatic carbocycles. The van der Waals surface area contributed by atoms with Gasteiger partial charge < -0.3 is 14.2 Å². The van der Waals surface area contributed by atoms with Gasteiger partial charge in [0.1, 0.15) is 13.2 Å².